The molecule has 1 aromatic rings. The molecule has 1 heterocycles. The molecule has 0 amide bonds. The third kappa shape index (κ3) is 4.26. The number of alkyl halides is 2. The number of piperazine rings is 1. The van der Waals surface area contributed by atoms with Crippen molar-refractivity contribution in [1.82, 2.24) is 5.32 Å². The van der Waals surface area contributed by atoms with Gasteiger partial charge in [0.2, 0.25) is 0 Å². The highest BCUT2D eigenvalue weighted by atomic mass is 35.5. The predicted octanol–water partition coefficient (Wildman–Crippen LogP) is 3.19. The van der Waals surface area contributed by atoms with E-state index in [1.807, 2.05) is 13.0 Å². The van der Waals surface area contributed by atoms with Crippen LogP contribution in [-0.4, -0.2) is 26.2 Å². The minimum atomic E-state index is -2.39. The van der Waals surface area contributed by atoms with Gasteiger partial charge in [-0.2, -0.15) is 0 Å². The van der Waals surface area contributed by atoms with E-state index in [-0.39, 0.29) is 30.4 Å². The fourth-order valence-electron chi connectivity index (χ4n) is 2.02. The van der Waals surface area contributed by atoms with Crippen LogP contribution in [0.2, 0.25) is 0 Å². The van der Waals surface area contributed by atoms with Crippen molar-refractivity contribution in [1.29, 1.82) is 0 Å². The number of halogens is 4. The molecule has 1 fully saturated rings. The summed E-state index contributed by atoms with van der Waals surface area (Å²) in [5.41, 5.74) is 1.93. The van der Waals surface area contributed by atoms with Crippen LogP contribution < -0.4 is 10.2 Å². The molecule has 2 rings (SSSR count). The molecule has 2 nitrogen and oxygen atoms in total. The highest BCUT2D eigenvalue weighted by Gasteiger charge is 2.14. The van der Waals surface area contributed by atoms with E-state index in [0.29, 0.717) is 0 Å². The average molecular weight is 299 g/mol. The van der Waals surface area contributed by atoms with Crippen LogP contribution in [0.3, 0.4) is 0 Å². The van der Waals surface area contributed by atoms with Gasteiger partial charge in [0.15, 0.2) is 0 Å². The number of rotatable bonds is 2. The van der Waals surface area contributed by atoms with Gasteiger partial charge >= 0.3 is 0 Å². The molecule has 0 aromatic heterocycles. The van der Waals surface area contributed by atoms with Gasteiger partial charge in [-0.15, -0.1) is 24.8 Å². The molecule has 0 atom stereocenters. The summed E-state index contributed by atoms with van der Waals surface area (Å²) in [4.78, 5) is 2.15. The predicted molar refractivity (Wildman–Crippen MR) is 75.7 cm³/mol. The first-order valence-corrected chi connectivity index (χ1v) is 5.52. The van der Waals surface area contributed by atoms with Crippen LogP contribution in [0.5, 0.6) is 0 Å². The van der Waals surface area contributed by atoms with Crippen molar-refractivity contribution >= 4 is 30.5 Å². The van der Waals surface area contributed by atoms with E-state index in [0.717, 1.165) is 37.4 Å². The van der Waals surface area contributed by atoms with Crippen LogP contribution in [0.25, 0.3) is 0 Å². The summed E-state index contributed by atoms with van der Waals surface area (Å²) in [5, 5.41) is 3.25. The lowest BCUT2D eigenvalue weighted by atomic mass is 10.1. The Morgan fingerprint density at radius 1 is 1.11 bits per heavy atom. The quantitative estimate of drug-likeness (QED) is 0.902. The van der Waals surface area contributed by atoms with E-state index in [4.69, 9.17) is 0 Å². The second-order valence-electron chi connectivity index (χ2n) is 4.14. The minimum absolute atomic E-state index is 0. The second kappa shape index (κ2) is 7.77. The zero-order chi connectivity index (χ0) is 11.5. The molecule has 1 aliphatic heterocycles. The fraction of sp³-hybridized carbons (Fsp3) is 0.500. The number of hydrogen-bond donors (Lipinski definition) is 1. The zero-order valence-corrected chi connectivity index (χ0v) is 11.8. The van der Waals surface area contributed by atoms with Crippen LogP contribution in [0.4, 0.5) is 14.5 Å². The Kier molecular flexibility index (Phi) is 7.52. The van der Waals surface area contributed by atoms with E-state index >= 15 is 0 Å². The first kappa shape index (κ1) is 17.4. The molecular weight excluding hydrogens is 281 g/mol. The summed E-state index contributed by atoms with van der Waals surface area (Å²) < 4.78 is 25.3. The van der Waals surface area contributed by atoms with Crippen LogP contribution in [-0.2, 0) is 0 Å². The smallest absolute Gasteiger partial charge is 0.263 e. The van der Waals surface area contributed by atoms with Crippen LogP contribution >= 0.6 is 24.8 Å². The van der Waals surface area contributed by atoms with Crippen molar-refractivity contribution in [2.75, 3.05) is 31.1 Å². The van der Waals surface area contributed by atoms with Gasteiger partial charge in [-0.25, -0.2) is 8.78 Å². The lowest BCUT2D eigenvalue weighted by Crippen LogP contribution is -2.43. The molecule has 6 heteroatoms. The van der Waals surface area contributed by atoms with Crippen molar-refractivity contribution < 1.29 is 8.78 Å². The molecule has 1 N–H and O–H groups in total. The Labute approximate surface area is 119 Å². The third-order valence-electron chi connectivity index (χ3n) is 2.82. The molecule has 1 saturated heterocycles. The zero-order valence-electron chi connectivity index (χ0n) is 10.2. The molecule has 18 heavy (non-hydrogen) atoms. The maximum atomic E-state index is 12.7. The first-order valence-electron chi connectivity index (χ1n) is 5.52. The van der Waals surface area contributed by atoms with Crippen LogP contribution in [0.15, 0.2) is 18.2 Å². The number of nitrogens with zero attached hydrogens (tertiary/aromatic N) is 1. The number of aryl methyl sites for hydroxylation is 1. The van der Waals surface area contributed by atoms with Crippen LogP contribution in [0, 0.1) is 6.92 Å². The molecule has 104 valence electrons. The van der Waals surface area contributed by atoms with Gasteiger partial charge in [0, 0.05) is 37.4 Å². The maximum Gasteiger partial charge on any atom is 0.263 e. The highest BCUT2D eigenvalue weighted by Crippen LogP contribution is 2.26. The van der Waals surface area contributed by atoms with Crippen molar-refractivity contribution in [3.63, 3.8) is 0 Å². The largest absolute Gasteiger partial charge is 0.369 e. The van der Waals surface area contributed by atoms with E-state index in [1.54, 1.807) is 12.1 Å². The average Bonchev–Trinajstić information content (AvgIpc) is 2.29. The summed E-state index contributed by atoms with van der Waals surface area (Å²) >= 11 is 0. The van der Waals surface area contributed by atoms with E-state index < -0.39 is 6.43 Å². The van der Waals surface area contributed by atoms with Crippen LogP contribution in [0.1, 0.15) is 17.6 Å². The summed E-state index contributed by atoms with van der Waals surface area (Å²) in [6.07, 6.45) is -2.39. The van der Waals surface area contributed by atoms with Crippen molar-refractivity contribution in [3.05, 3.63) is 29.3 Å². The summed E-state index contributed by atoms with van der Waals surface area (Å²) in [7, 11) is 0. The Balaban J connectivity index is 0.00000144. The number of benzene rings is 1. The van der Waals surface area contributed by atoms with E-state index in [1.165, 1.54) is 0 Å². The van der Waals surface area contributed by atoms with Gasteiger partial charge < -0.3 is 10.2 Å². The molecule has 0 radical (unpaired) electrons. The second-order valence-corrected chi connectivity index (χ2v) is 4.14. The van der Waals surface area contributed by atoms with Crippen molar-refractivity contribution in [3.8, 4) is 0 Å². The topological polar surface area (TPSA) is 15.3 Å². The van der Waals surface area contributed by atoms with E-state index in [9.17, 15) is 8.78 Å². The Bertz CT molecular complexity index is 369. The monoisotopic (exact) mass is 298 g/mol. The van der Waals surface area contributed by atoms with Gasteiger partial charge in [-0.3, -0.25) is 0 Å². The Morgan fingerprint density at radius 2 is 1.72 bits per heavy atom. The molecular formula is C12H18Cl2F2N2. The Hall–Kier alpha value is -0.580. The molecule has 0 saturated carbocycles. The van der Waals surface area contributed by atoms with Gasteiger partial charge in [0.05, 0.1) is 0 Å². The summed E-state index contributed by atoms with van der Waals surface area (Å²) in [5.74, 6) is 0. The first-order chi connectivity index (χ1) is 7.66. The number of nitrogens with one attached hydrogen (secondary N) is 1. The molecule has 0 unspecified atom stereocenters. The fourth-order valence-corrected chi connectivity index (χ4v) is 2.02. The standard InChI is InChI=1S/C12H16F2N2.2ClH/c1-9-6-10(12(13)14)8-11(7-9)16-4-2-15-3-5-16;;/h6-8,12,15H,2-5H2,1H3;2*1H. The third-order valence-corrected chi connectivity index (χ3v) is 2.82. The van der Waals surface area contributed by atoms with Gasteiger partial charge in [0.1, 0.15) is 0 Å². The van der Waals surface area contributed by atoms with Gasteiger partial charge in [0.25, 0.3) is 6.43 Å². The molecule has 1 aromatic carbocycles. The van der Waals surface area contributed by atoms with Crippen molar-refractivity contribution in [2.24, 2.45) is 0 Å². The molecule has 0 aliphatic carbocycles. The number of anilines is 1. The van der Waals surface area contributed by atoms with Gasteiger partial charge in [-0.05, 0) is 24.6 Å². The number of hydrogen-bond acceptors (Lipinski definition) is 2. The minimum Gasteiger partial charge on any atom is -0.369 e. The lowest BCUT2D eigenvalue weighted by molar-refractivity contribution is 0.151. The highest BCUT2D eigenvalue weighted by molar-refractivity contribution is 5.85. The van der Waals surface area contributed by atoms with E-state index in [2.05, 4.69) is 10.2 Å². The summed E-state index contributed by atoms with van der Waals surface area (Å²) in [6, 6.07) is 5.12. The normalized spacial score (nSPS) is 15.0. The van der Waals surface area contributed by atoms with Crippen molar-refractivity contribution in [2.45, 2.75) is 13.3 Å². The lowest BCUT2D eigenvalue weighted by Gasteiger charge is -2.30. The SMILES string of the molecule is Cc1cc(C(F)F)cc(N2CCNCC2)c1.Cl.Cl. The summed E-state index contributed by atoms with van der Waals surface area (Å²) in [6.45, 7) is 5.45. The maximum absolute atomic E-state index is 12.7. The molecule has 0 bridgehead atoms. The van der Waals surface area contributed by atoms with Gasteiger partial charge in [-0.1, -0.05) is 6.07 Å². The molecule has 0 spiro atoms. The Morgan fingerprint density at radius 3 is 2.28 bits per heavy atom. The molecule has 1 aliphatic rings.